The Morgan fingerprint density at radius 1 is 1.20 bits per heavy atom. The topological polar surface area (TPSA) is 25.2 Å². The first-order valence-electron chi connectivity index (χ1n) is 8.73. The van der Waals surface area contributed by atoms with Gasteiger partial charge in [0.1, 0.15) is 0 Å². The number of aromatic nitrogens is 1. The van der Waals surface area contributed by atoms with Crippen LogP contribution < -0.4 is 0 Å². The maximum Gasteiger partial charge on any atom is 0.164 e. The summed E-state index contributed by atoms with van der Waals surface area (Å²) in [5.41, 5.74) is 5.52. The lowest BCUT2D eigenvalue weighted by atomic mass is 10.0. The second kappa shape index (κ2) is 6.32. The fourth-order valence-electron chi connectivity index (χ4n) is 3.84. The maximum absolute atomic E-state index is 12.5. The second-order valence-electron chi connectivity index (χ2n) is 6.70. The van der Waals surface area contributed by atoms with Gasteiger partial charge in [-0.05, 0) is 42.9 Å². The summed E-state index contributed by atoms with van der Waals surface area (Å²) in [6.45, 7) is 3.83. The van der Waals surface area contributed by atoms with Gasteiger partial charge in [0.25, 0.3) is 0 Å². The molecule has 128 valence electrons. The highest BCUT2D eigenvalue weighted by Crippen LogP contribution is 2.35. The van der Waals surface area contributed by atoms with E-state index in [4.69, 9.17) is 11.6 Å². The lowest BCUT2D eigenvalue weighted by molar-refractivity contribution is 0.0988. The lowest BCUT2D eigenvalue weighted by Gasteiger charge is -2.24. The third-order valence-corrected chi connectivity index (χ3v) is 5.30. The van der Waals surface area contributed by atoms with E-state index in [9.17, 15) is 4.79 Å². The van der Waals surface area contributed by atoms with E-state index < -0.39 is 0 Å². The van der Waals surface area contributed by atoms with E-state index in [0.717, 1.165) is 41.3 Å². The Bertz CT molecular complexity index is 973. The van der Waals surface area contributed by atoms with E-state index in [1.165, 1.54) is 16.6 Å². The Morgan fingerprint density at radius 3 is 2.80 bits per heavy atom. The highest BCUT2D eigenvalue weighted by Gasteiger charge is 2.24. The maximum atomic E-state index is 12.5. The normalized spacial score (nSPS) is 14.7. The van der Waals surface area contributed by atoms with Crippen molar-refractivity contribution in [1.82, 2.24) is 9.47 Å². The van der Waals surface area contributed by atoms with E-state index in [2.05, 4.69) is 34.7 Å². The molecule has 0 unspecified atom stereocenters. The second-order valence-corrected chi connectivity index (χ2v) is 7.14. The van der Waals surface area contributed by atoms with Gasteiger partial charge in [0.2, 0.25) is 0 Å². The Balaban J connectivity index is 2.05. The number of fused-ring (bicyclic) bond motifs is 3. The largest absolute Gasteiger partial charge is 0.312 e. The number of halogens is 1. The van der Waals surface area contributed by atoms with Crippen LogP contribution in [0.1, 0.15) is 35.0 Å². The monoisotopic (exact) mass is 352 g/mol. The van der Waals surface area contributed by atoms with E-state index in [1.54, 1.807) is 0 Å². The summed E-state index contributed by atoms with van der Waals surface area (Å²) in [4.78, 5) is 14.8. The van der Waals surface area contributed by atoms with Crippen molar-refractivity contribution in [1.29, 1.82) is 0 Å². The van der Waals surface area contributed by atoms with Gasteiger partial charge in [-0.25, -0.2) is 0 Å². The van der Waals surface area contributed by atoms with Gasteiger partial charge in [-0.3, -0.25) is 4.79 Å². The first-order valence-corrected chi connectivity index (χ1v) is 9.10. The molecular formula is C21H21ClN2O. The lowest BCUT2D eigenvalue weighted by Crippen LogP contribution is -2.27. The average Bonchev–Trinajstić information content (AvgIpc) is 2.94. The minimum absolute atomic E-state index is 0.174. The average molecular weight is 353 g/mol. The van der Waals surface area contributed by atoms with Gasteiger partial charge >= 0.3 is 0 Å². The predicted octanol–water partition coefficient (Wildman–Crippen LogP) is 4.86. The SMILES string of the molecule is CCC(=O)c1ccccc1-n1c2c(c3cc(Cl)ccc31)CN(C)CC2. The fourth-order valence-corrected chi connectivity index (χ4v) is 4.01. The highest BCUT2D eigenvalue weighted by atomic mass is 35.5. The van der Waals surface area contributed by atoms with Crippen molar-refractivity contribution in [2.45, 2.75) is 26.3 Å². The molecule has 0 saturated carbocycles. The van der Waals surface area contributed by atoms with Gasteiger partial charge < -0.3 is 9.47 Å². The summed E-state index contributed by atoms with van der Waals surface area (Å²) < 4.78 is 2.27. The number of ketones is 1. The van der Waals surface area contributed by atoms with Gasteiger partial charge in [-0.15, -0.1) is 0 Å². The smallest absolute Gasteiger partial charge is 0.164 e. The van der Waals surface area contributed by atoms with Crippen LogP contribution >= 0.6 is 11.6 Å². The van der Waals surface area contributed by atoms with Crippen LogP contribution in [0, 0.1) is 0 Å². The van der Waals surface area contributed by atoms with Crippen LogP contribution in [-0.4, -0.2) is 28.8 Å². The molecule has 0 N–H and O–H groups in total. The Morgan fingerprint density at radius 2 is 2.00 bits per heavy atom. The molecule has 0 bridgehead atoms. The molecule has 4 heteroatoms. The Hall–Kier alpha value is -2.10. The van der Waals surface area contributed by atoms with Gasteiger partial charge in [-0.1, -0.05) is 30.7 Å². The van der Waals surface area contributed by atoms with E-state index >= 15 is 0 Å². The van der Waals surface area contributed by atoms with Crippen molar-refractivity contribution < 1.29 is 4.79 Å². The zero-order valence-corrected chi connectivity index (χ0v) is 15.3. The van der Waals surface area contributed by atoms with Gasteiger partial charge in [0.05, 0.1) is 11.2 Å². The van der Waals surface area contributed by atoms with E-state index in [1.807, 2.05) is 31.2 Å². The van der Waals surface area contributed by atoms with Crippen LogP contribution in [0.5, 0.6) is 0 Å². The van der Waals surface area contributed by atoms with Crippen LogP contribution in [0.15, 0.2) is 42.5 Å². The predicted molar refractivity (Wildman–Crippen MR) is 103 cm³/mol. The molecule has 3 aromatic rings. The molecule has 0 radical (unpaired) electrons. The van der Waals surface area contributed by atoms with Crippen LogP contribution in [0.2, 0.25) is 5.02 Å². The standard InChI is InChI=1S/C21H21ClN2O/c1-3-21(25)15-6-4-5-7-18(15)24-19-9-8-14(22)12-16(19)17-13-23(2)11-10-20(17)24/h4-9,12H,3,10-11,13H2,1-2H3. The number of benzene rings is 2. The highest BCUT2D eigenvalue weighted by molar-refractivity contribution is 6.31. The first-order chi connectivity index (χ1) is 12.1. The van der Waals surface area contributed by atoms with Crippen LogP contribution in [-0.2, 0) is 13.0 Å². The third-order valence-electron chi connectivity index (χ3n) is 5.07. The van der Waals surface area contributed by atoms with Crippen molar-refractivity contribution in [3.8, 4) is 5.69 Å². The molecule has 2 aromatic carbocycles. The van der Waals surface area contributed by atoms with Crippen LogP contribution in [0.4, 0.5) is 0 Å². The molecule has 2 heterocycles. The summed E-state index contributed by atoms with van der Waals surface area (Å²) in [7, 11) is 2.14. The summed E-state index contributed by atoms with van der Waals surface area (Å²) in [5.74, 6) is 0.174. The number of Topliss-reactive ketones (excluding diaryl/α,β-unsaturated/α-hetero) is 1. The Labute approximate surface area is 152 Å². The van der Waals surface area contributed by atoms with Crippen LogP contribution in [0.3, 0.4) is 0 Å². The third kappa shape index (κ3) is 2.68. The van der Waals surface area contributed by atoms with Crippen molar-refractivity contribution in [2.75, 3.05) is 13.6 Å². The number of likely N-dealkylation sites (N-methyl/N-ethyl adjacent to an activating group) is 1. The van der Waals surface area contributed by atoms with Gasteiger partial charge in [0.15, 0.2) is 5.78 Å². The molecular weight excluding hydrogens is 332 g/mol. The number of para-hydroxylation sites is 1. The number of nitrogens with zero attached hydrogens (tertiary/aromatic N) is 2. The molecule has 4 rings (SSSR count). The minimum atomic E-state index is 0.174. The molecule has 0 amide bonds. The fraction of sp³-hybridized carbons (Fsp3) is 0.286. The number of carbonyl (C=O) groups is 1. The molecule has 0 saturated heterocycles. The zero-order valence-electron chi connectivity index (χ0n) is 14.6. The zero-order chi connectivity index (χ0) is 17.6. The molecule has 0 spiro atoms. The summed E-state index contributed by atoms with van der Waals surface area (Å²) in [6.07, 6.45) is 1.47. The quantitative estimate of drug-likeness (QED) is 0.629. The van der Waals surface area contributed by atoms with Gasteiger partial charge in [0, 0.05) is 47.6 Å². The number of hydrogen-bond acceptors (Lipinski definition) is 2. The van der Waals surface area contributed by atoms with Crippen molar-refractivity contribution in [3.05, 3.63) is 64.3 Å². The van der Waals surface area contributed by atoms with Gasteiger partial charge in [-0.2, -0.15) is 0 Å². The molecule has 0 atom stereocenters. The van der Waals surface area contributed by atoms with E-state index in [0.29, 0.717) is 6.42 Å². The number of hydrogen-bond donors (Lipinski definition) is 0. The summed E-state index contributed by atoms with van der Waals surface area (Å²) in [6, 6.07) is 14.0. The molecule has 1 aliphatic rings. The Kier molecular flexibility index (Phi) is 4.14. The molecule has 3 nitrogen and oxygen atoms in total. The van der Waals surface area contributed by atoms with E-state index in [-0.39, 0.29) is 5.78 Å². The molecule has 1 aromatic heterocycles. The molecule has 0 fully saturated rings. The van der Waals surface area contributed by atoms with Crippen molar-refractivity contribution in [2.24, 2.45) is 0 Å². The first kappa shape index (κ1) is 16.4. The van der Waals surface area contributed by atoms with Crippen LogP contribution in [0.25, 0.3) is 16.6 Å². The summed E-state index contributed by atoms with van der Waals surface area (Å²) in [5, 5.41) is 1.94. The molecule has 25 heavy (non-hydrogen) atoms. The van der Waals surface area contributed by atoms with Crippen molar-refractivity contribution >= 4 is 28.3 Å². The minimum Gasteiger partial charge on any atom is -0.312 e. The van der Waals surface area contributed by atoms with Crippen molar-refractivity contribution in [3.63, 3.8) is 0 Å². The molecule has 1 aliphatic heterocycles. The number of rotatable bonds is 3. The summed E-state index contributed by atoms with van der Waals surface area (Å²) >= 11 is 6.28. The number of carbonyl (C=O) groups excluding carboxylic acids is 1. The molecule has 0 aliphatic carbocycles.